The lowest BCUT2D eigenvalue weighted by atomic mass is 9.83. The SMILES string of the molecule is CCC(C)(CN1CC(c2ccccc2)C1)C(=O)O. The Balaban J connectivity index is 1.88. The molecule has 1 aromatic carbocycles. The van der Waals surface area contributed by atoms with Gasteiger partial charge >= 0.3 is 5.97 Å². The van der Waals surface area contributed by atoms with Gasteiger partial charge in [-0.2, -0.15) is 0 Å². The first-order valence-corrected chi connectivity index (χ1v) is 6.56. The van der Waals surface area contributed by atoms with Gasteiger partial charge in [-0.25, -0.2) is 0 Å². The molecule has 1 aliphatic heterocycles. The molecular weight excluding hydrogens is 226 g/mol. The van der Waals surface area contributed by atoms with Crippen molar-refractivity contribution in [2.24, 2.45) is 5.41 Å². The van der Waals surface area contributed by atoms with Crippen LogP contribution in [0, 0.1) is 5.41 Å². The topological polar surface area (TPSA) is 40.5 Å². The number of carboxylic acid groups (broad SMARTS) is 1. The van der Waals surface area contributed by atoms with E-state index in [9.17, 15) is 9.90 Å². The number of aliphatic carboxylic acids is 1. The minimum Gasteiger partial charge on any atom is -0.481 e. The maximum absolute atomic E-state index is 11.3. The van der Waals surface area contributed by atoms with E-state index in [0.29, 0.717) is 18.9 Å². The highest BCUT2D eigenvalue weighted by Crippen LogP contribution is 2.31. The summed E-state index contributed by atoms with van der Waals surface area (Å²) in [6.45, 7) is 6.40. The standard InChI is InChI=1S/C15H21NO2/c1-3-15(2,14(17)18)11-16-9-13(10-16)12-7-5-4-6-8-12/h4-8,13H,3,9-11H2,1-2H3,(H,17,18). The lowest BCUT2D eigenvalue weighted by Crippen LogP contribution is -2.51. The van der Waals surface area contributed by atoms with Gasteiger partial charge in [0, 0.05) is 25.6 Å². The molecule has 0 bridgehead atoms. The second kappa shape index (κ2) is 5.11. The van der Waals surface area contributed by atoms with E-state index in [0.717, 1.165) is 13.1 Å². The third kappa shape index (κ3) is 2.56. The number of rotatable bonds is 5. The van der Waals surface area contributed by atoms with Crippen LogP contribution < -0.4 is 0 Å². The highest BCUT2D eigenvalue weighted by molar-refractivity contribution is 5.74. The molecule has 1 unspecified atom stereocenters. The zero-order valence-electron chi connectivity index (χ0n) is 11.1. The number of hydrogen-bond acceptors (Lipinski definition) is 2. The summed E-state index contributed by atoms with van der Waals surface area (Å²) in [6, 6.07) is 10.5. The van der Waals surface area contributed by atoms with Crippen LogP contribution in [-0.2, 0) is 4.79 Å². The zero-order chi connectivity index (χ0) is 13.2. The predicted molar refractivity (Wildman–Crippen MR) is 71.7 cm³/mol. The van der Waals surface area contributed by atoms with E-state index in [4.69, 9.17) is 0 Å². The quantitative estimate of drug-likeness (QED) is 0.869. The van der Waals surface area contributed by atoms with E-state index in [2.05, 4.69) is 29.2 Å². The summed E-state index contributed by atoms with van der Waals surface area (Å²) in [4.78, 5) is 13.5. The minimum atomic E-state index is -0.687. The second-order valence-electron chi connectivity index (χ2n) is 5.52. The number of likely N-dealkylation sites (tertiary alicyclic amines) is 1. The first-order valence-electron chi connectivity index (χ1n) is 6.56. The Hall–Kier alpha value is -1.35. The molecule has 0 amide bonds. The fourth-order valence-electron chi connectivity index (χ4n) is 2.46. The van der Waals surface area contributed by atoms with Gasteiger partial charge in [0.05, 0.1) is 5.41 Å². The van der Waals surface area contributed by atoms with Crippen molar-refractivity contribution < 1.29 is 9.90 Å². The molecule has 1 fully saturated rings. The van der Waals surface area contributed by atoms with Crippen LogP contribution in [0.15, 0.2) is 30.3 Å². The largest absolute Gasteiger partial charge is 0.481 e. The molecule has 1 heterocycles. The van der Waals surface area contributed by atoms with Crippen molar-refractivity contribution in [3.05, 3.63) is 35.9 Å². The Kier molecular flexibility index (Phi) is 3.71. The maximum atomic E-state index is 11.3. The summed E-state index contributed by atoms with van der Waals surface area (Å²) in [5, 5.41) is 9.26. The van der Waals surface area contributed by atoms with Crippen LogP contribution in [0.4, 0.5) is 0 Å². The van der Waals surface area contributed by atoms with Crippen LogP contribution in [0.25, 0.3) is 0 Å². The number of hydrogen-bond donors (Lipinski definition) is 1. The van der Waals surface area contributed by atoms with Crippen molar-refractivity contribution in [1.29, 1.82) is 0 Å². The van der Waals surface area contributed by atoms with Crippen molar-refractivity contribution in [3.63, 3.8) is 0 Å². The molecular formula is C15H21NO2. The Morgan fingerprint density at radius 2 is 2.00 bits per heavy atom. The van der Waals surface area contributed by atoms with Crippen LogP contribution in [-0.4, -0.2) is 35.6 Å². The van der Waals surface area contributed by atoms with Crippen molar-refractivity contribution in [2.75, 3.05) is 19.6 Å². The van der Waals surface area contributed by atoms with E-state index in [-0.39, 0.29) is 0 Å². The van der Waals surface area contributed by atoms with Crippen LogP contribution >= 0.6 is 0 Å². The van der Waals surface area contributed by atoms with Crippen LogP contribution in [0.5, 0.6) is 0 Å². The normalized spacial score (nSPS) is 20.1. The minimum absolute atomic E-state index is 0.570. The molecule has 0 aromatic heterocycles. The molecule has 1 saturated heterocycles. The van der Waals surface area contributed by atoms with E-state index in [1.54, 1.807) is 0 Å². The lowest BCUT2D eigenvalue weighted by molar-refractivity contribution is -0.150. The molecule has 0 spiro atoms. The van der Waals surface area contributed by atoms with Gasteiger partial charge in [0.2, 0.25) is 0 Å². The van der Waals surface area contributed by atoms with Gasteiger partial charge in [0.1, 0.15) is 0 Å². The van der Waals surface area contributed by atoms with Gasteiger partial charge in [0.25, 0.3) is 0 Å². The van der Waals surface area contributed by atoms with Gasteiger partial charge in [-0.1, -0.05) is 37.3 Å². The molecule has 1 atom stereocenters. The molecule has 98 valence electrons. The number of benzene rings is 1. The fourth-order valence-corrected chi connectivity index (χ4v) is 2.46. The molecule has 2 rings (SSSR count). The van der Waals surface area contributed by atoms with E-state index >= 15 is 0 Å². The lowest BCUT2D eigenvalue weighted by Gasteiger charge is -2.43. The molecule has 3 nitrogen and oxygen atoms in total. The van der Waals surface area contributed by atoms with Gasteiger partial charge in [-0.05, 0) is 18.9 Å². The van der Waals surface area contributed by atoms with Crippen molar-refractivity contribution >= 4 is 5.97 Å². The van der Waals surface area contributed by atoms with Gasteiger partial charge in [-0.3, -0.25) is 4.79 Å². The molecule has 1 aromatic rings. The van der Waals surface area contributed by atoms with Gasteiger partial charge in [0.15, 0.2) is 0 Å². The molecule has 1 N–H and O–H groups in total. The van der Waals surface area contributed by atoms with E-state index < -0.39 is 11.4 Å². The predicted octanol–water partition coefficient (Wildman–Crippen LogP) is 2.59. The number of carbonyl (C=O) groups is 1. The summed E-state index contributed by atoms with van der Waals surface area (Å²) < 4.78 is 0. The van der Waals surface area contributed by atoms with Gasteiger partial charge in [-0.15, -0.1) is 0 Å². The molecule has 1 aliphatic rings. The van der Waals surface area contributed by atoms with E-state index in [1.165, 1.54) is 5.56 Å². The Morgan fingerprint density at radius 3 is 2.50 bits per heavy atom. The van der Waals surface area contributed by atoms with Crippen molar-refractivity contribution in [1.82, 2.24) is 4.90 Å². The average molecular weight is 247 g/mol. The van der Waals surface area contributed by atoms with E-state index in [1.807, 2.05) is 19.9 Å². The monoisotopic (exact) mass is 247 g/mol. The summed E-state index contributed by atoms with van der Waals surface area (Å²) in [7, 11) is 0. The summed E-state index contributed by atoms with van der Waals surface area (Å²) in [5.41, 5.74) is 0.754. The number of nitrogens with zero attached hydrogens (tertiary/aromatic N) is 1. The molecule has 0 aliphatic carbocycles. The van der Waals surface area contributed by atoms with Crippen molar-refractivity contribution in [2.45, 2.75) is 26.2 Å². The van der Waals surface area contributed by atoms with Gasteiger partial charge < -0.3 is 10.0 Å². The Bertz CT molecular complexity index is 412. The van der Waals surface area contributed by atoms with Crippen LogP contribution in [0.3, 0.4) is 0 Å². The molecule has 18 heavy (non-hydrogen) atoms. The summed E-state index contributed by atoms with van der Waals surface area (Å²) in [6.07, 6.45) is 0.675. The molecule has 3 heteroatoms. The Morgan fingerprint density at radius 1 is 1.39 bits per heavy atom. The van der Waals surface area contributed by atoms with Crippen LogP contribution in [0.2, 0.25) is 0 Å². The first-order chi connectivity index (χ1) is 8.55. The van der Waals surface area contributed by atoms with Crippen LogP contribution in [0.1, 0.15) is 31.7 Å². The summed E-state index contributed by atoms with van der Waals surface area (Å²) >= 11 is 0. The third-order valence-electron chi connectivity index (χ3n) is 4.10. The Labute approximate surface area is 108 Å². The highest BCUT2D eigenvalue weighted by atomic mass is 16.4. The fraction of sp³-hybridized carbons (Fsp3) is 0.533. The summed E-state index contributed by atoms with van der Waals surface area (Å²) in [5.74, 6) is -0.116. The smallest absolute Gasteiger partial charge is 0.310 e. The maximum Gasteiger partial charge on any atom is 0.310 e. The highest BCUT2D eigenvalue weighted by Gasteiger charge is 2.37. The third-order valence-corrected chi connectivity index (χ3v) is 4.10. The second-order valence-corrected chi connectivity index (χ2v) is 5.52. The molecule has 0 radical (unpaired) electrons. The molecule has 0 saturated carbocycles. The first kappa shape index (κ1) is 13.1. The number of carboxylic acids is 1. The average Bonchev–Trinajstić information content (AvgIpc) is 2.33. The van der Waals surface area contributed by atoms with Crippen molar-refractivity contribution in [3.8, 4) is 0 Å². The zero-order valence-corrected chi connectivity index (χ0v) is 11.1.